The van der Waals surface area contributed by atoms with E-state index in [1.165, 1.54) is 18.2 Å². The molecular weight excluding hydrogens is 685 g/mol. The second-order valence-corrected chi connectivity index (χ2v) is 12.5. The predicted molar refractivity (Wildman–Crippen MR) is 189 cm³/mol. The molecule has 260 valence electrons. The van der Waals surface area contributed by atoms with Crippen LogP contribution in [0, 0.1) is 11.3 Å². The van der Waals surface area contributed by atoms with Gasteiger partial charge in [0.25, 0.3) is 0 Å². The number of benzene rings is 2. The molecule has 2 fully saturated rings. The number of urea groups is 1. The molecule has 4 heterocycles. The van der Waals surface area contributed by atoms with Crippen molar-refractivity contribution in [1.29, 1.82) is 5.26 Å². The highest BCUT2D eigenvalue weighted by atomic mass is 35.5. The number of nitrogens with one attached hydrogen (secondary N) is 2. The topological polar surface area (TPSA) is 158 Å². The molecule has 50 heavy (non-hydrogen) atoms. The SMILES string of the molecule is COc1cc(Nc2c(C#N)cnc3cc(OCCCN4CCN(Cc5ccc(N6CCC(=O)NC6=O)nn5)CC4)c(OC)cc23)c(Cl)cc1Cl. The molecule has 0 radical (unpaired) electrons. The summed E-state index contributed by atoms with van der Waals surface area (Å²) >= 11 is 12.7. The van der Waals surface area contributed by atoms with Crippen molar-refractivity contribution < 1.29 is 23.8 Å². The van der Waals surface area contributed by atoms with Crippen LogP contribution >= 0.6 is 23.2 Å². The lowest BCUT2D eigenvalue weighted by Gasteiger charge is -2.34. The second-order valence-electron chi connectivity index (χ2n) is 11.7. The van der Waals surface area contributed by atoms with Crippen LogP contribution < -0.4 is 29.7 Å². The van der Waals surface area contributed by atoms with Gasteiger partial charge >= 0.3 is 6.03 Å². The molecule has 4 aromatic rings. The molecule has 0 bridgehead atoms. The molecule has 0 aliphatic carbocycles. The van der Waals surface area contributed by atoms with Crippen molar-refractivity contribution in [2.24, 2.45) is 0 Å². The summed E-state index contributed by atoms with van der Waals surface area (Å²) in [6.45, 7) is 5.92. The summed E-state index contributed by atoms with van der Waals surface area (Å²) in [6, 6.07) is 12.2. The number of nitrogens with zero attached hydrogens (tertiary/aromatic N) is 7. The number of piperazine rings is 1. The first-order chi connectivity index (χ1) is 24.3. The van der Waals surface area contributed by atoms with Crippen LogP contribution in [0.25, 0.3) is 10.9 Å². The normalized spacial score (nSPS) is 15.5. The highest BCUT2D eigenvalue weighted by molar-refractivity contribution is 6.37. The second kappa shape index (κ2) is 15.7. The van der Waals surface area contributed by atoms with Crippen LogP contribution in [0.4, 0.5) is 22.0 Å². The number of pyridine rings is 1. The van der Waals surface area contributed by atoms with Crippen molar-refractivity contribution in [3.63, 3.8) is 0 Å². The third-order valence-electron chi connectivity index (χ3n) is 8.54. The average Bonchev–Trinajstić information content (AvgIpc) is 3.12. The van der Waals surface area contributed by atoms with Gasteiger partial charge in [-0.3, -0.25) is 24.9 Å². The van der Waals surface area contributed by atoms with Crippen LogP contribution in [0.3, 0.4) is 0 Å². The fourth-order valence-corrected chi connectivity index (χ4v) is 6.35. The number of carbonyl (C=O) groups is 2. The molecule has 0 unspecified atom stereocenters. The van der Waals surface area contributed by atoms with Crippen LogP contribution in [0.15, 0.2) is 42.6 Å². The van der Waals surface area contributed by atoms with Gasteiger partial charge in [0.1, 0.15) is 11.8 Å². The summed E-state index contributed by atoms with van der Waals surface area (Å²) < 4.78 is 17.2. The van der Waals surface area contributed by atoms with Gasteiger partial charge < -0.3 is 24.4 Å². The van der Waals surface area contributed by atoms with Gasteiger partial charge in [-0.25, -0.2) is 4.79 Å². The maximum absolute atomic E-state index is 12.1. The van der Waals surface area contributed by atoms with Crippen molar-refractivity contribution in [2.45, 2.75) is 19.4 Å². The van der Waals surface area contributed by atoms with E-state index in [0.29, 0.717) is 80.6 Å². The summed E-state index contributed by atoms with van der Waals surface area (Å²) in [6.07, 6.45) is 2.56. The smallest absolute Gasteiger partial charge is 0.329 e. The molecule has 0 saturated carbocycles. The molecule has 2 aliphatic heterocycles. The Hall–Kier alpha value is -4.94. The Balaban J connectivity index is 1.01. The molecule has 2 N–H and O–H groups in total. The molecule has 6 rings (SSSR count). The molecule has 3 amide bonds. The van der Waals surface area contributed by atoms with Crippen LogP contribution in [-0.2, 0) is 11.3 Å². The van der Waals surface area contributed by atoms with Gasteiger partial charge in [0, 0.05) is 75.9 Å². The van der Waals surface area contributed by atoms with Crippen LogP contribution in [-0.4, -0.2) is 97.0 Å². The molecule has 2 aromatic carbocycles. The number of amides is 3. The fraction of sp³-hybridized carbons (Fsp3) is 0.353. The Morgan fingerprint density at radius 3 is 2.42 bits per heavy atom. The summed E-state index contributed by atoms with van der Waals surface area (Å²) in [5.41, 5.74) is 2.80. The molecule has 2 saturated heterocycles. The van der Waals surface area contributed by atoms with Gasteiger partial charge in [-0.1, -0.05) is 23.2 Å². The minimum absolute atomic E-state index is 0.240. The Kier molecular flexibility index (Phi) is 11.0. The van der Waals surface area contributed by atoms with Crippen molar-refractivity contribution in [3.05, 3.63) is 63.9 Å². The van der Waals surface area contributed by atoms with E-state index >= 15 is 0 Å². The monoisotopic (exact) mass is 719 g/mol. The van der Waals surface area contributed by atoms with Gasteiger partial charge in [0.15, 0.2) is 17.3 Å². The van der Waals surface area contributed by atoms with E-state index in [1.54, 1.807) is 37.4 Å². The number of imide groups is 1. The maximum atomic E-state index is 12.1. The van der Waals surface area contributed by atoms with Crippen LogP contribution in [0.2, 0.25) is 10.0 Å². The number of aromatic nitrogens is 3. The standard InChI is InChI=1S/C34H35Cl2N9O5/c1-48-28-17-27(24(35)15-25(28)36)39-33-21(18-37)19-38-26-16-30(29(49-2)14-23(26)33)50-13-3-7-43-9-11-44(12-10-43)20-22-4-5-31(42-41-22)45-8-6-32(46)40-34(45)47/h4-5,14-17,19H,3,6-13,20H2,1-2H3,(H,38,39)(H,40,46,47). The first-order valence-electron chi connectivity index (χ1n) is 16.0. The number of anilines is 3. The minimum atomic E-state index is -0.473. The number of ether oxygens (including phenoxy) is 3. The Morgan fingerprint density at radius 1 is 0.940 bits per heavy atom. The third-order valence-corrected chi connectivity index (χ3v) is 9.15. The van der Waals surface area contributed by atoms with Crippen LogP contribution in [0.5, 0.6) is 17.2 Å². The minimum Gasteiger partial charge on any atom is -0.495 e. The lowest BCUT2D eigenvalue weighted by Crippen LogP contribution is -2.50. The molecular formula is C34H35Cl2N9O5. The number of fused-ring (bicyclic) bond motifs is 1. The molecule has 14 nitrogen and oxygen atoms in total. The summed E-state index contributed by atoms with van der Waals surface area (Å²) in [5, 5.41) is 25.3. The van der Waals surface area contributed by atoms with E-state index in [9.17, 15) is 14.9 Å². The predicted octanol–water partition coefficient (Wildman–Crippen LogP) is 5.00. The lowest BCUT2D eigenvalue weighted by atomic mass is 10.1. The van der Waals surface area contributed by atoms with E-state index in [4.69, 9.17) is 37.4 Å². The zero-order chi connectivity index (χ0) is 35.2. The van der Waals surface area contributed by atoms with Crippen molar-refractivity contribution >= 4 is 63.2 Å². The van der Waals surface area contributed by atoms with Gasteiger partial charge in [0.2, 0.25) is 5.91 Å². The lowest BCUT2D eigenvalue weighted by molar-refractivity contribution is -0.120. The number of hydrogen-bond acceptors (Lipinski definition) is 12. The summed E-state index contributed by atoms with van der Waals surface area (Å²) in [5.74, 6) is 1.65. The highest BCUT2D eigenvalue weighted by Gasteiger charge is 2.26. The van der Waals surface area contributed by atoms with Crippen molar-refractivity contribution in [1.82, 2.24) is 30.3 Å². The van der Waals surface area contributed by atoms with Gasteiger partial charge in [-0.05, 0) is 30.7 Å². The van der Waals surface area contributed by atoms with E-state index in [1.807, 2.05) is 6.07 Å². The largest absolute Gasteiger partial charge is 0.495 e. The van der Waals surface area contributed by atoms with Crippen molar-refractivity contribution in [2.75, 3.05) is 70.3 Å². The first-order valence-corrected chi connectivity index (χ1v) is 16.7. The van der Waals surface area contributed by atoms with E-state index in [0.717, 1.165) is 44.8 Å². The first kappa shape index (κ1) is 34.9. The third kappa shape index (κ3) is 7.92. The summed E-state index contributed by atoms with van der Waals surface area (Å²) in [7, 11) is 3.08. The zero-order valence-electron chi connectivity index (χ0n) is 27.5. The molecule has 2 aromatic heterocycles. The molecule has 0 atom stereocenters. The Morgan fingerprint density at radius 2 is 1.72 bits per heavy atom. The van der Waals surface area contributed by atoms with E-state index in [-0.39, 0.29) is 12.3 Å². The Bertz CT molecular complexity index is 1930. The quantitative estimate of drug-likeness (QED) is 0.189. The zero-order valence-corrected chi connectivity index (χ0v) is 29.1. The Labute approximate surface area is 298 Å². The van der Waals surface area contributed by atoms with E-state index < -0.39 is 6.03 Å². The molecule has 2 aliphatic rings. The molecule has 16 heteroatoms. The van der Waals surface area contributed by atoms with Crippen molar-refractivity contribution in [3.8, 4) is 23.3 Å². The number of nitriles is 1. The summed E-state index contributed by atoms with van der Waals surface area (Å²) in [4.78, 5) is 34.1. The number of rotatable bonds is 12. The van der Waals surface area contributed by atoms with Crippen LogP contribution in [0.1, 0.15) is 24.1 Å². The highest BCUT2D eigenvalue weighted by Crippen LogP contribution is 2.40. The molecule has 0 spiro atoms. The van der Waals surface area contributed by atoms with E-state index in [2.05, 4.69) is 41.7 Å². The number of halogens is 2. The van der Waals surface area contributed by atoms with Gasteiger partial charge in [-0.15, -0.1) is 5.10 Å². The van der Waals surface area contributed by atoms with Gasteiger partial charge in [-0.2, -0.15) is 10.4 Å². The number of hydrogen-bond donors (Lipinski definition) is 2. The maximum Gasteiger partial charge on any atom is 0.329 e. The fourth-order valence-electron chi connectivity index (χ4n) is 5.84. The number of methoxy groups -OCH3 is 2. The number of carbonyl (C=O) groups excluding carboxylic acids is 2. The average molecular weight is 721 g/mol. The van der Waals surface area contributed by atoms with Gasteiger partial charge in [0.05, 0.1) is 59.0 Å².